The summed E-state index contributed by atoms with van der Waals surface area (Å²) in [5.74, 6) is 1.85. The number of fused-ring (bicyclic) bond motifs is 5. The zero-order valence-corrected chi connectivity index (χ0v) is 18.9. The monoisotopic (exact) mass is 450 g/mol. The quantitative estimate of drug-likeness (QED) is 0.397. The molecule has 7 rings (SSSR count). The van der Waals surface area contributed by atoms with Gasteiger partial charge in [0.2, 0.25) is 0 Å². The Morgan fingerprint density at radius 1 is 1.12 bits per heavy atom. The summed E-state index contributed by atoms with van der Waals surface area (Å²) in [7, 11) is 0. The van der Waals surface area contributed by atoms with E-state index >= 15 is 0 Å². The number of aromatic amines is 1. The number of benzene rings is 1. The van der Waals surface area contributed by atoms with Crippen molar-refractivity contribution in [2.24, 2.45) is 17.8 Å². The molecule has 0 spiro atoms. The Kier molecular flexibility index (Phi) is 4.85. The predicted molar refractivity (Wildman–Crippen MR) is 125 cm³/mol. The first-order chi connectivity index (χ1) is 16.0. The Morgan fingerprint density at radius 3 is 2.67 bits per heavy atom. The molecule has 0 saturated heterocycles. The van der Waals surface area contributed by atoms with Gasteiger partial charge in [0.15, 0.2) is 17.3 Å². The van der Waals surface area contributed by atoms with E-state index in [2.05, 4.69) is 29.1 Å². The third-order valence-electron chi connectivity index (χ3n) is 7.81. The van der Waals surface area contributed by atoms with Crippen LogP contribution in [0.3, 0.4) is 0 Å². The molecule has 2 atom stereocenters. The molecule has 0 aliphatic heterocycles. The molecule has 8 heteroatoms. The minimum atomic E-state index is -0.626. The fourth-order valence-electron chi connectivity index (χ4n) is 6.07. The van der Waals surface area contributed by atoms with E-state index in [1.54, 1.807) is 6.20 Å². The maximum absolute atomic E-state index is 14.3. The summed E-state index contributed by atoms with van der Waals surface area (Å²) in [6, 6.07) is 2.56. The lowest BCUT2D eigenvalue weighted by molar-refractivity contribution is 0.0928. The molecule has 0 unspecified atom stereocenters. The molecular formula is C25H28F2N6. The molecule has 0 radical (unpaired) electrons. The molecule has 2 bridgehead atoms. The smallest absolute Gasteiger partial charge is 0.166 e. The molecule has 0 amide bonds. The van der Waals surface area contributed by atoms with Gasteiger partial charge in [0.05, 0.1) is 11.8 Å². The fourth-order valence-corrected chi connectivity index (χ4v) is 6.07. The zero-order valence-electron chi connectivity index (χ0n) is 18.9. The molecule has 3 aliphatic carbocycles. The number of aromatic nitrogens is 5. The second-order valence-corrected chi connectivity index (χ2v) is 9.72. The summed E-state index contributed by atoms with van der Waals surface area (Å²) in [6.45, 7) is 5.24. The number of nitrogens with zero attached hydrogens (tertiary/aromatic N) is 4. The van der Waals surface area contributed by atoms with E-state index < -0.39 is 11.6 Å². The number of hydrogen-bond acceptors (Lipinski definition) is 4. The predicted octanol–water partition coefficient (Wildman–Crippen LogP) is 5.90. The zero-order chi connectivity index (χ0) is 22.7. The molecule has 3 aliphatic rings. The van der Waals surface area contributed by atoms with E-state index in [0.717, 1.165) is 36.1 Å². The molecule has 1 aromatic carbocycles. The molecular weight excluding hydrogens is 422 g/mol. The lowest BCUT2D eigenvalue weighted by atomic mass is 9.62. The first-order valence-corrected chi connectivity index (χ1v) is 12.0. The van der Waals surface area contributed by atoms with Crippen molar-refractivity contribution in [3.63, 3.8) is 0 Å². The van der Waals surface area contributed by atoms with Crippen molar-refractivity contribution in [1.29, 1.82) is 0 Å². The molecule has 3 saturated carbocycles. The van der Waals surface area contributed by atoms with E-state index in [9.17, 15) is 8.78 Å². The van der Waals surface area contributed by atoms with Gasteiger partial charge in [0.25, 0.3) is 0 Å². The molecule has 3 aromatic heterocycles. The minimum absolute atomic E-state index is 0.255. The number of H-pyrrole nitrogens is 1. The first-order valence-electron chi connectivity index (χ1n) is 12.0. The van der Waals surface area contributed by atoms with Crippen molar-refractivity contribution in [3.05, 3.63) is 36.3 Å². The maximum atomic E-state index is 14.3. The van der Waals surface area contributed by atoms with Gasteiger partial charge in [0.1, 0.15) is 17.2 Å². The van der Waals surface area contributed by atoms with E-state index in [4.69, 9.17) is 9.97 Å². The molecule has 172 valence electrons. The second-order valence-electron chi connectivity index (χ2n) is 9.72. The highest BCUT2D eigenvalue weighted by Crippen LogP contribution is 2.46. The SMILES string of the molecule is CCCn1cnc2c(N[C@@H]3C4CCC(CC4)[C@H]3C)nc(-c3c[nH]c4c(F)cc(F)cc34)nc21. The highest BCUT2D eigenvalue weighted by atomic mass is 19.1. The maximum Gasteiger partial charge on any atom is 0.166 e. The van der Waals surface area contributed by atoms with Gasteiger partial charge in [-0.3, -0.25) is 0 Å². The van der Waals surface area contributed by atoms with Gasteiger partial charge < -0.3 is 14.9 Å². The summed E-state index contributed by atoms with van der Waals surface area (Å²) < 4.78 is 30.4. The molecule has 2 N–H and O–H groups in total. The number of halogens is 2. The minimum Gasteiger partial charge on any atom is -0.365 e. The second kappa shape index (κ2) is 7.78. The van der Waals surface area contributed by atoms with Crippen LogP contribution in [-0.4, -0.2) is 30.5 Å². The number of rotatable bonds is 5. The average molecular weight is 451 g/mol. The summed E-state index contributed by atoms with van der Waals surface area (Å²) in [6.07, 6.45) is 9.53. The van der Waals surface area contributed by atoms with Crippen LogP contribution in [0.15, 0.2) is 24.7 Å². The number of anilines is 1. The van der Waals surface area contributed by atoms with Crippen molar-refractivity contribution >= 4 is 27.9 Å². The molecule has 6 nitrogen and oxygen atoms in total. The Morgan fingerprint density at radius 2 is 1.91 bits per heavy atom. The summed E-state index contributed by atoms with van der Waals surface area (Å²) in [5.41, 5.74) is 2.32. The number of hydrogen-bond donors (Lipinski definition) is 2. The average Bonchev–Trinajstić information content (AvgIpc) is 3.41. The number of nitrogens with one attached hydrogen (secondary N) is 2. The van der Waals surface area contributed by atoms with Gasteiger partial charge in [-0.25, -0.2) is 23.7 Å². The topological polar surface area (TPSA) is 71.4 Å². The molecule has 3 fully saturated rings. The highest BCUT2D eigenvalue weighted by molar-refractivity contribution is 5.96. The van der Waals surface area contributed by atoms with Crippen molar-refractivity contribution in [2.75, 3.05) is 5.32 Å². The normalized spacial score (nSPS) is 24.7. The number of aryl methyl sites for hydroxylation is 1. The van der Waals surface area contributed by atoms with Gasteiger partial charge in [-0.15, -0.1) is 0 Å². The van der Waals surface area contributed by atoms with Gasteiger partial charge >= 0.3 is 0 Å². The van der Waals surface area contributed by atoms with E-state index in [0.29, 0.717) is 40.5 Å². The third kappa shape index (κ3) is 3.30. The van der Waals surface area contributed by atoms with Crippen LogP contribution in [0.25, 0.3) is 33.5 Å². The molecule has 3 heterocycles. The van der Waals surface area contributed by atoms with Gasteiger partial charge in [-0.1, -0.05) is 13.8 Å². The van der Waals surface area contributed by atoms with Crippen LogP contribution in [0.2, 0.25) is 0 Å². The summed E-state index contributed by atoms with van der Waals surface area (Å²) >= 11 is 0. The Labute approximate surface area is 190 Å². The molecule has 4 aromatic rings. The highest BCUT2D eigenvalue weighted by Gasteiger charge is 2.41. The van der Waals surface area contributed by atoms with Crippen molar-refractivity contribution in [1.82, 2.24) is 24.5 Å². The van der Waals surface area contributed by atoms with Crippen molar-refractivity contribution < 1.29 is 8.78 Å². The Hall–Kier alpha value is -3.03. The summed E-state index contributed by atoms with van der Waals surface area (Å²) in [4.78, 5) is 17.3. The molecule has 33 heavy (non-hydrogen) atoms. The van der Waals surface area contributed by atoms with Gasteiger partial charge in [0, 0.05) is 35.8 Å². The summed E-state index contributed by atoms with van der Waals surface area (Å²) in [5, 5.41) is 4.18. The lowest BCUT2D eigenvalue weighted by Gasteiger charge is -2.47. The van der Waals surface area contributed by atoms with Crippen molar-refractivity contribution in [2.45, 2.75) is 58.5 Å². The Balaban J connectivity index is 1.50. The van der Waals surface area contributed by atoms with E-state index in [-0.39, 0.29) is 5.52 Å². The third-order valence-corrected chi connectivity index (χ3v) is 7.81. The fraction of sp³-hybridized carbons (Fsp3) is 0.480. The van der Waals surface area contributed by atoms with E-state index in [1.807, 2.05) is 10.9 Å². The number of imidazole rings is 1. The van der Waals surface area contributed by atoms with Crippen LogP contribution in [0.4, 0.5) is 14.6 Å². The van der Waals surface area contributed by atoms with Gasteiger partial charge in [-0.05, 0) is 55.9 Å². The van der Waals surface area contributed by atoms with Crippen LogP contribution in [-0.2, 0) is 6.54 Å². The lowest BCUT2D eigenvalue weighted by Crippen LogP contribution is -2.47. The standard InChI is InChI=1S/C25H28F2N6/c1-3-8-33-12-29-22-24(30-20-13(2)14-4-6-15(20)7-5-14)31-23(32-25(22)33)18-11-28-21-17(18)9-16(26)10-19(21)27/h9-15,20,28H,3-8H2,1-2H3,(H,30,31,32)/t13-,14?,15?,20+/m1/s1. The van der Waals surface area contributed by atoms with Crippen LogP contribution in [0.5, 0.6) is 0 Å². The Bertz CT molecular complexity index is 1330. The van der Waals surface area contributed by atoms with Crippen LogP contribution in [0, 0.1) is 29.4 Å². The first kappa shape index (κ1) is 20.6. The van der Waals surface area contributed by atoms with Crippen molar-refractivity contribution in [3.8, 4) is 11.4 Å². The van der Waals surface area contributed by atoms with Crippen LogP contribution < -0.4 is 5.32 Å². The van der Waals surface area contributed by atoms with Crippen LogP contribution >= 0.6 is 0 Å². The largest absolute Gasteiger partial charge is 0.365 e. The van der Waals surface area contributed by atoms with Gasteiger partial charge in [-0.2, -0.15) is 0 Å². The van der Waals surface area contributed by atoms with E-state index in [1.165, 1.54) is 31.7 Å². The van der Waals surface area contributed by atoms with Crippen LogP contribution in [0.1, 0.15) is 46.0 Å².